The molecule has 1 unspecified atom stereocenters. The molecule has 1 saturated heterocycles. The minimum Gasteiger partial charge on any atom is -0.496 e. The maximum Gasteiger partial charge on any atom is 0.330 e. The Labute approximate surface area is 257 Å². The summed E-state index contributed by atoms with van der Waals surface area (Å²) in [4.78, 5) is 61.2. The van der Waals surface area contributed by atoms with Gasteiger partial charge in [0.25, 0.3) is 11.5 Å². The predicted molar refractivity (Wildman–Crippen MR) is 167 cm³/mol. The molecule has 1 aliphatic heterocycles. The van der Waals surface area contributed by atoms with Gasteiger partial charge in [0.2, 0.25) is 11.8 Å². The van der Waals surface area contributed by atoms with Crippen LogP contribution < -0.4 is 31.9 Å². The molecule has 3 amide bonds. The summed E-state index contributed by atoms with van der Waals surface area (Å²) in [5.74, 6) is -1.71. The molecule has 0 saturated carbocycles. The molecule has 4 aromatic rings. The summed E-state index contributed by atoms with van der Waals surface area (Å²) in [6, 6.07) is 13.5. The second-order valence-corrected chi connectivity index (χ2v) is 10.9. The molecular weight excluding hydrogens is 581 g/mol. The van der Waals surface area contributed by atoms with Crippen LogP contribution in [-0.2, 0) is 30.2 Å². The van der Waals surface area contributed by atoms with Crippen molar-refractivity contribution in [1.29, 1.82) is 0 Å². The lowest BCUT2D eigenvalue weighted by atomic mass is 9.90. The number of aryl methyl sites for hydroxylation is 1. The normalized spacial score (nSPS) is 14.4. The molecule has 3 N–H and O–H groups in total. The molecule has 1 fully saturated rings. The Morgan fingerprint density at radius 1 is 1.00 bits per heavy atom. The third-order valence-corrected chi connectivity index (χ3v) is 8.08. The van der Waals surface area contributed by atoms with Crippen LogP contribution in [0.4, 0.5) is 10.1 Å². The standard InChI is InChI=1S/C33H32FN5O6/c1-17-20(19-12-25(34)23(28(13-19)45-5)15-35-27-14-29(40)37-31(27)42)8-6-9-21(17)22-10-7-11-26(18(22)2)36-30(41)24-16-38(3)33(44)39(4)32(24)43/h6-13,16,27,35H,14-15H2,1-5H3,(H,36,41)(H,37,40,42). The van der Waals surface area contributed by atoms with Gasteiger partial charge in [-0.15, -0.1) is 0 Å². The summed E-state index contributed by atoms with van der Waals surface area (Å²) in [5.41, 5.74) is 3.91. The van der Waals surface area contributed by atoms with Crippen molar-refractivity contribution in [2.24, 2.45) is 14.1 Å². The van der Waals surface area contributed by atoms with Gasteiger partial charge in [0.1, 0.15) is 17.1 Å². The molecule has 0 radical (unpaired) electrons. The second-order valence-electron chi connectivity index (χ2n) is 10.9. The van der Waals surface area contributed by atoms with Crippen molar-refractivity contribution in [3.05, 3.63) is 104 Å². The van der Waals surface area contributed by atoms with Gasteiger partial charge in [-0.2, -0.15) is 0 Å². The van der Waals surface area contributed by atoms with E-state index in [1.165, 1.54) is 38.0 Å². The number of nitrogens with one attached hydrogen (secondary N) is 3. The van der Waals surface area contributed by atoms with Crippen LogP contribution in [0, 0.1) is 19.7 Å². The predicted octanol–water partition coefficient (Wildman–Crippen LogP) is 2.94. The second kappa shape index (κ2) is 12.3. The van der Waals surface area contributed by atoms with E-state index < -0.39 is 34.9 Å². The van der Waals surface area contributed by atoms with E-state index in [-0.39, 0.29) is 35.7 Å². The summed E-state index contributed by atoms with van der Waals surface area (Å²) < 4.78 is 23.1. The lowest BCUT2D eigenvalue weighted by Gasteiger charge is -2.18. The van der Waals surface area contributed by atoms with Crippen LogP contribution in [0.15, 0.2) is 64.3 Å². The van der Waals surface area contributed by atoms with Crippen LogP contribution in [-0.4, -0.2) is 40.0 Å². The van der Waals surface area contributed by atoms with Crippen LogP contribution in [0.2, 0.25) is 0 Å². The molecule has 1 aliphatic rings. The van der Waals surface area contributed by atoms with Gasteiger partial charge in [-0.05, 0) is 65.4 Å². The van der Waals surface area contributed by atoms with Gasteiger partial charge in [0, 0.05) is 38.1 Å². The minimum absolute atomic E-state index is 0.0111. The van der Waals surface area contributed by atoms with Gasteiger partial charge in [0.05, 0.1) is 19.6 Å². The number of aromatic nitrogens is 2. The van der Waals surface area contributed by atoms with Crippen LogP contribution in [0.5, 0.6) is 5.75 Å². The highest BCUT2D eigenvalue weighted by Crippen LogP contribution is 2.37. The van der Waals surface area contributed by atoms with Gasteiger partial charge in [-0.25, -0.2) is 9.18 Å². The molecule has 2 heterocycles. The molecule has 0 spiro atoms. The monoisotopic (exact) mass is 613 g/mol. The summed E-state index contributed by atoms with van der Waals surface area (Å²) in [5, 5.41) is 7.95. The summed E-state index contributed by atoms with van der Waals surface area (Å²) >= 11 is 0. The van der Waals surface area contributed by atoms with Crippen molar-refractivity contribution in [1.82, 2.24) is 19.8 Å². The molecule has 3 aromatic carbocycles. The summed E-state index contributed by atoms with van der Waals surface area (Å²) in [7, 11) is 4.21. The van der Waals surface area contributed by atoms with Crippen molar-refractivity contribution in [3.63, 3.8) is 0 Å². The van der Waals surface area contributed by atoms with E-state index in [2.05, 4.69) is 16.0 Å². The lowest BCUT2D eigenvalue weighted by Crippen LogP contribution is -2.40. The zero-order chi connectivity index (χ0) is 32.6. The topological polar surface area (TPSA) is 141 Å². The maximum atomic E-state index is 15.5. The van der Waals surface area contributed by atoms with Crippen LogP contribution in [0.3, 0.4) is 0 Å². The Morgan fingerprint density at radius 2 is 1.67 bits per heavy atom. The number of imide groups is 1. The number of halogens is 1. The zero-order valence-electron chi connectivity index (χ0n) is 25.4. The van der Waals surface area contributed by atoms with E-state index in [0.29, 0.717) is 11.3 Å². The number of amides is 3. The van der Waals surface area contributed by atoms with Crippen LogP contribution in [0.25, 0.3) is 22.3 Å². The number of hydrogen-bond acceptors (Lipinski definition) is 7. The molecule has 232 valence electrons. The lowest BCUT2D eigenvalue weighted by molar-refractivity contribution is -0.125. The van der Waals surface area contributed by atoms with E-state index in [4.69, 9.17) is 4.74 Å². The average Bonchev–Trinajstić information content (AvgIpc) is 3.34. The van der Waals surface area contributed by atoms with E-state index in [9.17, 15) is 24.0 Å². The summed E-state index contributed by atoms with van der Waals surface area (Å²) in [6.45, 7) is 3.75. The Bertz CT molecular complexity index is 2000. The quantitative estimate of drug-likeness (QED) is 0.260. The van der Waals surface area contributed by atoms with Gasteiger partial charge in [0.15, 0.2) is 0 Å². The SMILES string of the molecule is COc1cc(-c2cccc(-c3cccc(NC(=O)c4cn(C)c(=O)n(C)c4=O)c3C)c2C)cc(F)c1CNC1CC(=O)NC1=O. The first kappa shape index (κ1) is 31.1. The largest absolute Gasteiger partial charge is 0.496 e. The molecule has 12 heteroatoms. The third kappa shape index (κ3) is 5.92. The highest BCUT2D eigenvalue weighted by Gasteiger charge is 2.30. The van der Waals surface area contributed by atoms with E-state index in [1.807, 2.05) is 38.1 Å². The van der Waals surface area contributed by atoms with Crippen molar-refractivity contribution < 1.29 is 23.5 Å². The molecule has 0 bridgehead atoms. The van der Waals surface area contributed by atoms with Gasteiger partial charge < -0.3 is 19.9 Å². The molecule has 1 atom stereocenters. The maximum absolute atomic E-state index is 15.5. The number of rotatable bonds is 8. The fraction of sp³-hybridized carbons (Fsp3) is 0.242. The first-order valence-electron chi connectivity index (χ1n) is 14.1. The molecule has 5 rings (SSSR count). The Morgan fingerprint density at radius 3 is 2.33 bits per heavy atom. The first-order chi connectivity index (χ1) is 21.4. The smallest absolute Gasteiger partial charge is 0.330 e. The average molecular weight is 614 g/mol. The number of nitrogens with zero attached hydrogens (tertiary/aromatic N) is 2. The molecule has 0 aliphatic carbocycles. The minimum atomic E-state index is -0.740. The van der Waals surface area contributed by atoms with Crippen LogP contribution >= 0.6 is 0 Å². The van der Waals surface area contributed by atoms with E-state index >= 15 is 4.39 Å². The first-order valence-corrected chi connectivity index (χ1v) is 14.1. The van der Waals surface area contributed by atoms with Crippen molar-refractivity contribution >= 4 is 23.4 Å². The fourth-order valence-electron chi connectivity index (χ4n) is 5.52. The number of methoxy groups -OCH3 is 1. The Hall–Kier alpha value is -5.36. The number of anilines is 1. The number of carbonyl (C=O) groups excluding carboxylic acids is 3. The Balaban J connectivity index is 1.46. The molecular formula is C33H32FN5O6. The van der Waals surface area contributed by atoms with Crippen molar-refractivity contribution in [3.8, 4) is 28.0 Å². The zero-order valence-corrected chi connectivity index (χ0v) is 25.4. The highest BCUT2D eigenvalue weighted by molar-refractivity contribution is 6.05. The number of ether oxygens (including phenoxy) is 1. The number of benzene rings is 3. The van der Waals surface area contributed by atoms with Crippen LogP contribution in [0.1, 0.15) is 33.5 Å². The van der Waals surface area contributed by atoms with Crippen molar-refractivity contribution in [2.75, 3.05) is 12.4 Å². The number of hydrogen-bond donors (Lipinski definition) is 3. The van der Waals surface area contributed by atoms with Crippen molar-refractivity contribution in [2.45, 2.75) is 32.9 Å². The number of carbonyl (C=O) groups is 3. The van der Waals surface area contributed by atoms with E-state index in [1.54, 1.807) is 18.2 Å². The molecule has 11 nitrogen and oxygen atoms in total. The van der Waals surface area contributed by atoms with Gasteiger partial charge >= 0.3 is 5.69 Å². The van der Waals surface area contributed by atoms with E-state index in [0.717, 1.165) is 32.4 Å². The molecule has 1 aromatic heterocycles. The third-order valence-electron chi connectivity index (χ3n) is 8.08. The molecule has 45 heavy (non-hydrogen) atoms. The summed E-state index contributed by atoms with van der Waals surface area (Å²) in [6.07, 6.45) is 1.21. The Kier molecular flexibility index (Phi) is 8.51. The fourth-order valence-corrected chi connectivity index (χ4v) is 5.52. The van der Waals surface area contributed by atoms with Gasteiger partial charge in [-0.1, -0.05) is 30.3 Å². The van der Waals surface area contributed by atoms with Gasteiger partial charge in [-0.3, -0.25) is 29.1 Å². The highest BCUT2D eigenvalue weighted by atomic mass is 19.1.